The topological polar surface area (TPSA) is 46.3 Å². The zero-order valence-electron chi connectivity index (χ0n) is 11.9. The van der Waals surface area contributed by atoms with Crippen LogP contribution in [0.3, 0.4) is 0 Å². The van der Waals surface area contributed by atoms with Gasteiger partial charge in [-0.3, -0.25) is 4.79 Å². The molecular weight excluding hydrogens is 268 g/mol. The predicted molar refractivity (Wildman–Crippen MR) is 84.0 cm³/mol. The molecule has 0 aliphatic carbocycles. The first-order chi connectivity index (χ1) is 9.63. The summed E-state index contributed by atoms with van der Waals surface area (Å²) in [4.78, 5) is 15.4. The lowest BCUT2D eigenvalue weighted by atomic mass is 10.1. The van der Waals surface area contributed by atoms with E-state index in [4.69, 9.17) is 5.73 Å². The molecule has 4 heteroatoms. The van der Waals surface area contributed by atoms with Gasteiger partial charge in [0.25, 0.3) is 5.91 Å². The Hall–Kier alpha value is -1.65. The monoisotopic (exact) mass is 288 g/mol. The fourth-order valence-corrected chi connectivity index (χ4v) is 2.91. The lowest BCUT2D eigenvalue weighted by Crippen LogP contribution is -2.29. The van der Waals surface area contributed by atoms with Gasteiger partial charge in [0.15, 0.2) is 0 Å². The third-order valence-electron chi connectivity index (χ3n) is 3.49. The molecule has 0 radical (unpaired) electrons. The van der Waals surface area contributed by atoms with E-state index < -0.39 is 0 Å². The Kier molecular flexibility index (Phi) is 4.93. The SMILES string of the molecule is CC(c1cccs1)N(C)C(=O)c1ccc(CCN)cc1. The third-order valence-corrected chi connectivity index (χ3v) is 4.53. The van der Waals surface area contributed by atoms with Gasteiger partial charge in [-0.05, 0) is 49.0 Å². The van der Waals surface area contributed by atoms with Gasteiger partial charge in [0.2, 0.25) is 0 Å². The van der Waals surface area contributed by atoms with E-state index in [9.17, 15) is 4.79 Å². The van der Waals surface area contributed by atoms with Crippen LogP contribution in [-0.2, 0) is 6.42 Å². The fourth-order valence-electron chi connectivity index (χ4n) is 2.08. The Morgan fingerprint density at radius 3 is 2.55 bits per heavy atom. The molecule has 0 saturated carbocycles. The second-order valence-electron chi connectivity index (χ2n) is 4.84. The quantitative estimate of drug-likeness (QED) is 0.919. The first kappa shape index (κ1) is 14.8. The molecule has 1 heterocycles. The van der Waals surface area contributed by atoms with E-state index in [1.807, 2.05) is 49.7 Å². The van der Waals surface area contributed by atoms with E-state index in [1.165, 1.54) is 4.88 Å². The van der Waals surface area contributed by atoms with E-state index in [0.717, 1.165) is 17.5 Å². The summed E-state index contributed by atoms with van der Waals surface area (Å²) >= 11 is 1.67. The summed E-state index contributed by atoms with van der Waals surface area (Å²) in [5.74, 6) is 0.0465. The van der Waals surface area contributed by atoms with Crippen LogP contribution in [0.1, 0.15) is 33.8 Å². The molecule has 1 amide bonds. The zero-order chi connectivity index (χ0) is 14.5. The highest BCUT2D eigenvalue weighted by Gasteiger charge is 2.19. The zero-order valence-corrected chi connectivity index (χ0v) is 12.7. The minimum absolute atomic E-state index is 0.0465. The molecule has 0 bridgehead atoms. The van der Waals surface area contributed by atoms with Crippen LogP contribution >= 0.6 is 11.3 Å². The number of carbonyl (C=O) groups excluding carboxylic acids is 1. The second kappa shape index (κ2) is 6.68. The van der Waals surface area contributed by atoms with Gasteiger partial charge in [-0.1, -0.05) is 18.2 Å². The fraction of sp³-hybridized carbons (Fsp3) is 0.312. The molecule has 1 aromatic carbocycles. The van der Waals surface area contributed by atoms with Crippen LogP contribution in [0.25, 0.3) is 0 Å². The molecule has 106 valence electrons. The third kappa shape index (κ3) is 3.26. The van der Waals surface area contributed by atoms with E-state index in [-0.39, 0.29) is 11.9 Å². The molecule has 0 saturated heterocycles. The Balaban J connectivity index is 2.10. The molecular formula is C16H20N2OS. The number of amides is 1. The van der Waals surface area contributed by atoms with Gasteiger partial charge in [-0.15, -0.1) is 11.3 Å². The average Bonchev–Trinajstić information content (AvgIpc) is 3.00. The molecule has 0 spiro atoms. The number of rotatable bonds is 5. The van der Waals surface area contributed by atoms with E-state index in [2.05, 4.69) is 6.07 Å². The van der Waals surface area contributed by atoms with Crippen molar-refractivity contribution in [3.05, 3.63) is 57.8 Å². The number of nitrogens with zero attached hydrogens (tertiary/aromatic N) is 1. The van der Waals surface area contributed by atoms with Crippen molar-refractivity contribution in [1.29, 1.82) is 0 Å². The van der Waals surface area contributed by atoms with Crippen molar-refractivity contribution in [2.45, 2.75) is 19.4 Å². The maximum Gasteiger partial charge on any atom is 0.254 e. The van der Waals surface area contributed by atoms with Gasteiger partial charge >= 0.3 is 0 Å². The lowest BCUT2D eigenvalue weighted by Gasteiger charge is -2.24. The summed E-state index contributed by atoms with van der Waals surface area (Å²) < 4.78 is 0. The van der Waals surface area contributed by atoms with Crippen molar-refractivity contribution in [2.24, 2.45) is 5.73 Å². The van der Waals surface area contributed by atoms with Crippen molar-refractivity contribution in [3.63, 3.8) is 0 Å². The number of thiophene rings is 1. The maximum absolute atomic E-state index is 12.5. The largest absolute Gasteiger partial charge is 0.334 e. The minimum atomic E-state index is 0.0465. The van der Waals surface area contributed by atoms with Crippen LogP contribution in [0.2, 0.25) is 0 Å². The summed E-state index contributed by atoms with van der Waals surface area (Å²) in [5.41, 5.74) is 7.41. The van der Waals surface area contributed by atoms with Gasteiger partial charge in [-0.25, -0.2) is 0 Å². The lowest BCUT2D eigenvalue weighted by molar-refractivity contribution is 0.0745. The maximum atomic E-state index is 12.5. The summed E-state index contributed by atoms with van der Waals surface area (Å²) in [6.07, 6.45) is 0.843. The molecule has 1 atom stereocenters. The molecule has 1 aromatic heterocycles. The van der Waals surface area contributed by atoms with Gasteiger partial charge < -0.3 is 10.6 Å². The van der Waals surface area contributed by atoms with E-state index in [1.54, 1.807) is 16.2 Å². The minimum Gasteiger partial charge on any atom is -0.334 e. The number of hydrogen-bond donors (Lipinski definition) is 1. The number of hydrogen-bond acceptors (Lipinski definition) is 3. The average molecular weight is 288 g/mol. The highest BCUT2D eigenvalue weighted by Crippen LogP contribution is 2.24. The van der Waals surface area contributed by atoms with Gasteiger partial charge in [0, 0.05) is 17.5 Å². The molecule has 1 unspecified atom stereocenters. The van der Waals surface area contributed by atoms with Crippen LogP contribution < -0.4 is 5.73 Å². The van der Waals surface area contributed by atoms with Crippen molar-refractivity contribution in [2.75, 3.05) is 13.6 Å². The Labute approximate surface area is 124 Å². The molecule has 2 rings (SSSR count). The number of carbonyl (C=O) groups is 1. The summed E-state index contributed by atoms with van der Waals surface area (Å²) in [5, 5.41) is 2.03. The molecule has 20 heavy (non-hydrogen) atoms. The Bertz CT molecular complexity index is 548. The van der Waals surface area contributed by atoms with Crippen LogP contribution in [0.15, 0.2) is 41.8 Å². The van der Waals surface area contributed by atoms with Crippen LogP contribution in [0, 0.1) is 0 Å². The van der Waals surface area contributed by atoms with Gasteiger partial charge in [0.1, 0.15) is 0 Å². The summed E-state index contributed by atoms with van der Waals surface area (Å²) in [7, 11) is 1.85. The van der Waals surface area contributed by atoms with Crippen LogP contribution in [-0.4, -0.2) is 24.4 Å². The van der Waals surface area contributed by atoms with Crippen LogP contribution in [0.5, 0.6) is 0 Å². The standard InChI is InChI=1S/C16H20N2OS/c1-12(15-4-3-11-20-15)18(2)16(19)14-7-5-13(6-8-14)9-10-17/h3-8,11-12H,9-10,17H2,1-2H3. The molecule has 3 nitrogen and oxygen atoms in total. The van der Waals surface area contributed by atoms with Crippen molar-refractivity contribution < 1.29 is 4.79 Å². The molecule has 0 aliphatic rings. The molecule has 0 aliphatic heterocycles. The highest BCUT2D eigenvalue weighted by atomic mass is 32.1. The van der Waals surface area contributed by atoms with Crippen molar-refractivity contribution in [3.8, 4) is 0 Å². The summed E-state index contributed by atoms with van der Waals surface area (Å²) in [6, 6.07) is 11.9. The van der Waals surface area contributed by atoms with Gasteiger partial charge in [-0.2, -0.15) is 0 Å². The highest BCUT2D eigenvalue weighted by molar-refractivity contribution is 7.10. The van der Waals surface area contributed by atoms with Crippen LogP contribution in [0.4, 0.5) is 0 Å². The first-order valence-electron chi connectivity index (χ1n) is 6.73. The Morgan fingerprint density at radius 1 is 1.30 bits per heavy atom. The normalized spacial score (nSPS) is 12.2. The molecule has 2 aromatic rings. The smallest absolute Gasteiger partial charge is 0.254 e. The molecule has 0 fully saturated rings. The van der Waals surface area contributed by atoms with E-state index >= 15 is 0 Å². The number of nitrogens with two attached hydrogens (primary N) is 1. The number of benzene rings is 1. The van der Waals surface area contributed by atoms with Crippen molar-refractivity contribution >= 4 is 17.2 Å². The predicted octanol–water partition coefficient (Wildman–Crippen LogP) is 3.08. The van der Waals surface area contributed by atoms with E-state index in [0.29, 0.717) is 6.54 Å². The second-order valence-corrected chi connectivity index (χ2v) is 5.82. The molecule has 2 N–H and O–H groups in total. The van der Waals surface area contributed by atoms with Gasteiger partial charge in [0.05, 0.1) is 6.04 Å². The Morgan fingerprint density at radius 2 is 2.00 bits per heavy atom. The van der Waals surface area contributed by atoms with Crippen molar-refractivity contribution in [1.82, 2.24) is 4.90 Å². The summed E-state index contributed by atoms with van der Waals surface area (Å²) in [6.45, 7) is 2.68. The first-order valence-corrected chi connectivity index (χ1v) is 7.61.